The van der Waals surface area contributed by atoms with Gasteiger partial charge in [0.25, 0.3) is 5.19 Å². The Morgan fingerprint density at radius 1 is 1.12 bits per heavy atom. The predicted molar refractivity (Wildman–Crippen MR) is 96.0 cm³/mol. The zero-order valence-corrected chi connectivity index (χ0v) is 13.7. The molecular formula is C19H16N2O2S. The molecule has 24 heavy (non-hydrogen) atoms. The van der Waals surface area contributed by atoms with Crippen LogP contribution >= 0.6 is 11.3 Å². The molecule has 3 aromatic rings. The molecule has 5 heteroatoms. The van der Waals surface area contributed by atoms with Crippen molar-refractivity contribution in [3.05, 3.63) is 83.4 Å². The van der Waals surface area contributed by atoms with E-state index in [1.165, 1.54) is 17.4 Å². The molecule has 0 saturated carbocycles. The molecule has 0 fully saturated rings. The minimum Gasteiger partial charge on any atom is -0.431 e. The van der Waals surface area contributed by atoms with Gasteiger partial charge in [-0.3, -0.25) is 4.79 Å². The highest BCUT2D eigenvalue weighted by Crippen LogP contribution is 2.23. The molecule has 4 nitrogen and oxygen atoms in total. The average molecular weight is 336 g/mol. The fourth-order valence-electron chi connectivity index (χ4n) is 2.02. The van der Waals surface area contributed by atoms with Gasteiger partial charge in [0.15, 0.2) is 0 Å². The molecule has 0 bridgehead atoms. The Labute approximate surface area is 144 Å². The maximum Gasteiger partial charge on any atom is 0.278 e. The summed E-state index contributed by atoms with van der Waals surface area (Å²) < 4.78 is 5.60. The second-order valence-corrected chi connectivity index (χ2v) is 5.86. The number of rotatable bonds is 6. The van der Waals surface area contributed by atoms with E-state index in [4.69, 9.17) is 4.74 Å². The lowest BCUT2D eigenvalue weighted by Gasteiger charge is -2.05. The Hall–Kier alpha value is -2.92. The lowest BCUT2D eigenvalue weighted by Crippen LogP contribution is -2.20. The number of amides is 1. The molecule has 0 unspecified atom stereocenters. The van der Waals surface area contributed by atoms with Gasteiger partial charge in [0.2, 0.25) is 5.91 Å². The van der Waals surface area contributed by atoms with Crippen molar-refractivity contribution in [1.29, 1.82) is 0 Å². The molecule has 1 N–H and O–H groups in total. The number of thiazole rings is 1. The van der Waals surface area contributed by atoms with E-state index in [-0.39, 0.29) is 5.91 Å². The van der Waals surface area contributed by atoms with Gasteiger partial charge in [-0.05, 0) is 29.3 Å². The molecule has 3 rings (SSSR count). The summed E-state index contributed by atoms with van der Waals surface area (Å²) in [5.74, 6) is 0.603. The Morgan fingerprint density at radius 2 is 1.92 bits per heavy atom. The zero-order chi connectivity index (χ0) is 16.6. The Balaban J connectivity index is 1.49. The van der Waals surface area contributed by atoms with Crippen LogP contribution in [0.15, 0.2) is 72.3 Å². The summed E-state index contributed by atoms with van der Waals surface area (Å²) in [4.78, 5) is 15.9. The van der Waals surface area contributed by atoms with Crippen LogP contribution in [0.2, 0.25) is 0 Å². The highest BCUT2D eigenvalue weighted by molar-refractivity contribution is 7.11. The number of hydrogen-bond acceptors (Lipinski definition) is 4. The summed E-state index contributed by atoms with van der Waals surface area (Å²) in [6.07, 6.45) is 5.03. The highest BCUT2D eigenvalue weighted by Gasteiger charge is 2.01. The van der Waals surface area contributed by atoms with Crippen molar-refractivity contribution in [3.63, 3.8) is 0 Å². The van der Waals surface area contributed by atoms with Gasteiger partial charge in [-0.25, -0.2) is 4.98 Å². The van der Waals surface area contributed by atoms with E-state index in [2.05, 4.69) is 10.3 Å². The van der Waals surface area contributed by atoms with Crippen LogP contribution in [-0.4, -0.2) is 10.9 Å². The van der Waals surface area contributed by atoms with Crippen molar-refractivity contribution in [1.82, 2.24) is 10.3 Å². The molecule has 0 radical (unpaired) electrons. The summed E-state index contributed by atoms with van der Waals surface area (Å²) in [6.45, 7) is 0.468. The predicted octanol–water partition coefficient (Wildman–Crippen LogP) is 4.27. The molecule has 0 aliphatic heterocycles. The molecule has 0 aliphatic rings. The first kappa shape index (κ1) is 16.0. The van der Waals surface area contributed by atoms with Gasteiger partial charge < -0.3 is 10.1 Å². The largest absolute Gasteiger partial charge is 0.431 e. The molecular weight excluding hydrogens is 320 g/mol. The van der Waals surface area contributed by atoms with E-state index < -0.39 is 0 Å². The fourth-order valence-corrected chi connectivity index (χ4v) is 2.53. The van der Waals surface area contributed by atoms with Gasteiger partial charge in [-0.15, -0.1) is 0 Å². The van der Waals surface area contributed by atoms with E-state index in [9.17, 15) is 4.79 Å². The Morgan fingerprint density at radius 3 is 2.62 bits per heavy atom. The highest BCUT2D eigenvalue weighted by atomic mass is 32.1. The number of carbonyl (C=O) groups is 1. The second-order valence-electron chi connectivity index (χ2n) is 5.01. The third kappa shape index (κ3) is 4.79. The van der Waals surface area contributed by atoms with Crippen molar-refractivity contribution in [3.8, 4) is 10.9 Å². The van der Waals surface area contributed by atoms with Crippen LogP contribution in [0.5, 0.6) is 10.9 Å². The van der Waals surface area contributed by atoms with Gasteiger partial charge in [0.1, 0.15) is 5.75 Å². The summed E-state index contributed by atoms with van der Waals surface area (Å²) >= 11 is 1.44. The second kappa shape index (κ2) is 8.08. The van der Waals surface area contributed by atoms with Crippen molar-refractivity contribution in [2.45, 2.75) is 6.54 Å². The molecule has 0 aliphatic carbocycles. The number of aromatic nitrogens is 1. The molecule has 1 aromatic heterocycles. The average Bonchev–Trinajstić information content (AvgIpc) is 3.13. The zero-order valence-electron chi connectivity index (χ0n) is 12.9. The maximum atomic E-state index is 11.8. The first-order chi connectivity index (χ1) is 11.8. The van der Waals surface area contributed by atoms with Gasteiger partial charge in [0, 0.05) is 24.2 Å². The molecule has 2 aromatic carbocycles. The van der Waals surface area contributed by atoms with Crippen LogP contribution in [0.3, 0.4) is 0 Å². The van der Waals surface area contributed by atoms with E-state index in [0.717, 1.165) is 16.9 Å². The minimum atomic E-state index is -0.123. The SMILES string of the molecule is O=C(C=Cc1ccccc1)NCc1ccc(Oc2nccs2)cc1. The number of benzene rings is 2. The summed E-state index contributed by atoms with van der Waals surface area (Å²) in [5, 5.41) is 5.33. The van der Waals surface area contributed by atoms with Gasteiger partial charge >= 0.3 is 0 Å². The third-order valence-corrected chi connectivity index (χ3v) is 3.88. The van der Waals surface area contributed by atoms with Crippen molar-refractivity contribution in [2.24, 2.45) is 0 Å². The Bertz CT molecular complexity index is 797. The monoisotopic (exact) mass is 336 g/mol. The van der Waals surface area contributed by atoms with Gasteiger partial charge in [-0.1, -0.05) is 53.8 Å². The first-order valence-electron chi connectivity index (χ1n) is 7.47. The summed E-state index contributed by atoms with van der Waals surface area (Å²) in [6, 6.07) is 17.3. The summed E-state index contributed by atoms with van der Waals surface area (Å²) in [5.41, 5.74) is 2.00. The molecule has 0 spiro atoms. The number of carbonyl (C=O) groups excluding carboxylic acids is 1. The smallest absolute Gasteiger partial charge is 0.278 e. The lowest BCUT2D eigenvalue weighted by atomic mass is 10.2. The van der Waals surface area contributed by atoms with E-state index in [1.54, 1.807) is 12.3 Å². The van der Waals surface area contributed by atoms with E-state index in [0.29, 0.717) is 11.7 Å². The number of nitrogens with one attached hydrogen (secondary N) is 1. The first-order valence-corrected chi connectivity index (χ1v) is 8.35. The van der Waals surface area contributed by atoms with Crippen molar-refractivity contribution < 1.29 is 9.53 Å². The topological polar surface area (TPSA) is 51.2 Å². The van der Waals surface area contributed by atoms with E-state index >= 15 is 0 Å². The van der Waals surface area contributed by atoms with Crippen LogP contribution < -0.4 is 10.1 Å². The summed E-state index contributed by atoms with van der Waals surface area (Å²) in [7, 11) is 0. The molecule has 0 saturated heterocycles. The Kier molecular flexibility index (Phi) is 5.37. The molecule has 0 atom stereocenters. The van der Waals surface area contributed by atoms with Crippen LogP contribution in [0.1, 0.15) is 11.1 Å². The molecule has 1 heterocycles. The fraction of sp³-hybridized carbons (Fsp3) is 0.0526. The quantitative estimate of drug-likeness (QED) is 0.684. The molecule has 1 amide bonds. The van der Waals surface area contributed by atoms with E-state index in [1.807, 2.05) is 60.0 Å². The minimum absolute atomic E-state index is 0.123. The van der Waals surface area contributed by atoms with Crippen LogP contribution in [0.4, 0.5) is 0 Å². The van der Waals surface area contributed by atoms with Crippen LogP contribution in [0, 0.1) is 0 Å². The van der Waals surface area contributed by atoms with Crippen molar-refractivity contribution in [2.75, 3.05) is 0 Å². The lowest BCUT2D eigenvalue weighted by molar-refractivity contribution is -0.116. The number of hydrogen-bond donors (Lipinski definition) is 1. The van der Waals surface area contributed by atoms with Gasteiger partial charge in [0.05, 0.1) is 0 Å². The third-order valence-electron chi connectivity index (χ3n) is 3.23. The van der Waals surface area contributed by atoms with Crippen LogP contribution in [0.25, 0.3) is 6.08 Å². The molecule has 120 valence electrons. The number of nitrogens with zero attached hydrogens (tertiary/aromatic N) is 1. The maximum absolute atomic E-state index is 11.8. The van der Waals surface area contributed by atoms with Crippen molar-refractivity contribution >= 4 is 23.3 Å². The standard InChI is InChI=1S/C19H16N2O2S/c22-18(11-8-15-4-2-1-3-5-15)21-14-16-6-9-17(10-7-16)23-19-20-12-13-24-19/h1-13H,14H2,(H,21,22). The number of ether oxygens (including phenoxy) is 1. The van der Waals surface area contributed by atoms with Gasteiger partial charge in [-0.2, -0.15) is 0 Å². The van der Waals surface area contributed by atoms with Crippen LogP contribution in [-0.2, 0) is 11.3 Å². The normalized spacial score (nSPS) is 10.7.